The second kappa shape index (κ2) is 12.9. The Labute approximate surface area is 180 Å². The highest BCUT2D eigenvalue weighted by Crippen LogP contribution is 2.31. The molecule has 0 bridgehead atoms. The third kappa shape index (κ3) is 9.33. The Balaban J connectivity index is 3.17. The van der Waals surface area contributed by atoms with E-state index in [2.05, 4.69) is 0 Å². The van der Waals surface area contributed by atoms with Gasteiger partial charge in [0.25, 0.3) is 0 Å². The summed E-state index contributed by atoms with van der Waals surface area (Å²) in [5, 5.41) is 0. The van der Waals surface area contributed by atoms with E-state index >= 15 is 0 Å². The first-order valence-electron chi connectivity index (χ1n) is 10.0. The highest BCUT2D eigenvalue weighted by atomic mass is 16.7. The number of hydrogen-bond acceptors (Lipinski definition) is 11. The molecule has 0 aliphatic carbocycles. The molecule has 0 radical (unpaired) electrons. The van der Waals surface area contributed by atoms with Gasteiger partial charge in [0.15, 0.2) is 18.3 Å². The fraction of sp³-hybridized carbons (Fsp3) is 0.750. The highest BCUT2D eigenvalue weighted by Gasteiger charge is 2.51. The van der Waals surface area contributed by atoms with Crippen molar-refractivity contribution in [3.8, 4) is 0 Å². The van der Waals surface area contributed by atoms with Gasteiger partial charge in [0, 0.05) is 34.1 Å². The minimum Gasteiger partial charge on any atom is -0.466 e. The summed E-state index contributed by atoms with van der Waals surface area (Å²) >= 11 is 0. The van der Waals surface area contributed by atoms with E-state index in [0.29, 0.717) is 6.42 Å². The molecule has 1 fully saturated rings. The quantitative estimate of drug-likeness (QED) is 0.348. The molecule has 0 saturated carbocycles. The van der Waals surface area contributed by atoms with Gasteiger partial charge >= 0.3 is 29.8 Å². The zero-order valence-corrected chi connectivity index (χ0v) is 18.4. The predicted octanol–water partition coefficient (Wildman–Crippen LogP) is 0.845. The van der Waals surface area contributed by atoms with Crippen LogP contribution in [0.4, 0.5) is 0 Å². The van der Waals surface area contributed by atoms with Crippen molar-refractivity contribution in [3.63, 3.8) is 0 Å². The lowest BCUT2D eigenvalue weighted by molar-refractivity contribution is -0.253. The van der Waals surface area contributed by atoms with Gasteiger partial charge in [-0.25, -0.2) is 0 Å². The molecule has 31 heavy (non-hydrogen) atoms. The van der Waals surface area contributed by atoms with Crippen molar-refractivity contribution in [1.29, 1.82) is 0 Å². The third-order valence-electron chi connectivity index (χ3n) is 4.26. The molecule has 0 aromatic carbocycles. The van der Waals surface area contributed by atoms with Gasteiger partial charge < -0.3 is 28.4 Å². The van der Waals surface area contributed by atoms with Crippen LogP contribution in [-0.2, 0) is 52.4 Å². The van der Waals surface area contributed by atoms with E-state index in [4.69, 9.17) is 28.4 Å². The molecule has 11 heteroatoms. The molecule has 0 unspecified atom stereocenters. The molecule has 176 valence electrons. The Bertz CT molecular complexity index is 660. The number of carbonyl (C=O) groups excluding carboxylic acids is 5. The summed E-state index contributed by atoms with van der Waals surface area (Å²) in [6, 6.07) is 0. The normalized spacial score (nSPS) is 25.1. The summed E-state index contributed by atoms with van der Waals surface area (Å²) in [6.07, 6.45) is -4.66. The van der Waals surface area contributed by atoms with Crippen molar-refractivity contribution in [3.05, 3.63) is 0 Å². The SMILES string of the molecule is CCOC(=O)CCC[C@H]1O[C@H](COC(C)=O)[C@H](OC(C)=O)[C@H](OC(C)=O)[C@H]1OC(C)=O. The van der Waals surface area contributed by atoms with Crippen LogP contribution < -0.4 is 0 Å². The van der Waals surface area contributed by atoms with E-state index in [1.54, 1.807) is 6.92 Å². The predicted molar refractivity (Wildman–Crippen MR) is 102 cm³/mol. The molecule has 11 nitrogen and oxygen atoms in total. The minimum atomic E-state index is -1.20. The molecule has 1 saturated heterocycles. The third-order valence-corrected chi connectivity index (χ3v) is 4.26. The van der Waals surface area contributed by atoms with E-state index in [1.165, 1.54) is 13.8 Å². The van der Waals surface area contributed by atoms with Crippen LogP contribution in [0.2, 0.25) is 0 Å². The van der Waals surface area contributed by atoms with Crippen molar-refractivity contribution in [1.82, 2.24) is 0 Å². The van der Waals surface area contributed by atoms with E-state index < -0.39 is 60.4 Å². The fourth-order valence-electron chi connectivity index (χ4n) is 3.23. The van der Waals surface area contributed by atoms with Crippen molar-refractivity contribution in [2.75, 3.05) is 13.2 Å². The molecule has 0 spiro atoms. The summed E-state index contributed by atoms with van der Waals surface area (Å²) in [4.78, 5) is 58.0. The van der Waals surface area contributed by atoms with Crippen LogP contribution >= 0.6 is 0 Å². The fourth-order valence-corrected chi connectivity index (χ4v) is 3.23. The first-order valence-corrected chi connectivity index (χ1v) is 10.0. The average Bonchev–Trinajstić information content (AvgIpc) is 2.63. The molecule has 5 atom stereocenters. The first kappa shape index (κ1) is 26.3. The van der Waals surface area contributed by atoms with Crippen LogP contribution in [0, 0.1) is 0 Å². The Morgan fingerprint density at radius 3 is 1.71 bits per heavy atom. The highest BCUT2D eigenvalue weighted by molar-refractivity contribution is 5.69. The second-order valence-electron chi connectivity index (χ2n) is 6.93. The van der Waals surface area contributed by atoms with Gasteiger partial charge in [-0.15, -0.1) is 0 Å². The lowest BCUT2D eigenvalue weighted by atomic mass is 9.91. The van der Waals surface area contributed by atoms with Crippen LogP contribution in [0.3, 0.4) is 0 Å². The van der Waals surface area contributed by atoms with Gasteiger partial charge in [-0.1, -0.05) is 0 Å². The lowest BCUT2D eigenvalue weighted by Crippen LogP contribution is -2.62. The number of hydrogen-bond donors (Lipinski definition) is 0. The topological polar surface area (TPSA) is 141 Å². The van der Waals surface area contributed by atoms with Gasteiger partial charge in [0.05, 0.1) is 12.7 Å². The van der Waals surface area contributed by atoms with E-state index in [9.17, 15) is 24.0 Å². The Morgan fingerprint density at radius 1 is 0.710 bits per heavy atom. The molecule has 0 N–H and O–H groups in total. The van der Waals surface area contributed by atoms with Gasteiger partial charge in [-0.3, -0.25) is 24.0 Å². The Morgan fingerprint density at radius 2 is 1.23 bits per heavy atom. The van der Waals surface area contributed by atoms with Crippen molar-refractivity contribution < 1.29 is 52.4 Å². The molecule has 1 heterocycles. The van der Waals surface area contributed by atoms with Crippen LogP contribution in [0.1, 0.15) is 53.9 Å². The maximum Gasteiger partial charge on any atom is 0.305 e. The maximum atomic E-state index is 11.7. The number of esters is 5. The average molecular weight is 446 g/mol. The molecule has 1 aliphatic rings. The van der Waals surface area contributed by atoms with E-state index in [0.717, 1.165) is 13.8 Å². The van der Waals surface area contributed by atoms with Gasteiger partial charge in [0.1, 0.15) is 12.7 Å². The zero-order chi connectivity index (χ0) is 23.6. The monoisotopic (exact) mass is 446 g/mol. The molecule has 1 rings (SSSR count). The summed E-state index contributed by atoms with van der Waals surface area (Å²) in [5.41, 5.74) is 0. The molecule has 1 aliphatic heterocycles. The molecule has 0 aromatic heterocycles. The summed E-state index contributed by atoms with van der Waals surface area (Å²) in [6.45, 7) is 6.33. The first-order chi connectivity index (χ1) is 14.5. The zero-order valence-electron chi connectivity index (χ0n) is 18.4. The lowest BCUT2D eigenvalue weighted by Gasteiger charge is -2.44. The van der Waals surface area contributed by atoms with Gasteiger partial charge in [0.2, 0.25) is 0 Å². The Kier molecular flexibility index (Phi) is 10.9. The minimum absolute atomic E-state index is 0.0979. The summed E-state index contributed by atoms with van der Waals surface area (Å²) < 4.78 is 31.8. The largest absolute Gasteiger partial charge is 0.466 e. The van der Waals surface area contributed by atoms with Crippen LogP contribution in [0.25, 0.3) is 0 Å². The standard InChI is InChI=1S/C20H30O11/c1-6-26-17(25)9-7-8-15-18(28-12(3)22)20(30-14(5)24)19(29-13(4)23)16(31-15)10-27-11(2)21/h15-16,18-20H,6-10H2,1-5H3/t15-,16-,18+,19+,20-/m1/s1. The number of ether oxygens (including phenoxy) is 6. The van der Waals surface area contributed by atoms with Gasteiger partial charge in [-0.05, 0) is 19.8 Å². The van der Waals surface area contributed by atoms with E-state index in [1.807, 2.05) is 0 Å². The number of rotatable bonds is 10. The number of carbonyl (C=O) groups is 5. The van der Waals surface area contributed by atoms with Crippen LogP contribution in [-0.4, -0.2) is 73.6 Å². The second-order valence-corrected chi connectivity index (χ2v) is 6.93. The van der Waals surface area contributed by atoms with Crippen LogP contribution in [0.15, 0.2) is 0 Å². The summed E-state index contributed by atoms with van der Waals surface area (Å²) in [7, 11) is 0. The van der Waals surface area contributed by atoms with Crippen molar-refractivity contribution >= 4 is 29.8 Å². The molecule has 0 aromatic rings. The van der Waals surface area contributed by atoms with Crippen molar-refractivity contribution in [2.24, 2.45) is 0 Å². The summed E-state index contributed by atoms with van der Waals surface area (Å²) in [5.74, 6) is -3.04. The molecular formula is C20H30O11. The van der Waals surface area contributed by atoms with Crippen LogP contribution in [0.5, 0.6) is 0 Å². The van der Waals surface area contributed by atoms with Gasteiger partial charge in [-0.2, -0.15) is 0 Å². The molecule has 0 amide bonds. The molecular weight excluding hydrogens is 416 g/mol. The smallest absolute Gasteiger partial charge is 0.305 e. The Hall–Kier alpha value is -2.69. The van der Waals surface area contributed by atoms with Crippen molar-refractivity contribution in [2.45, 2.75) is 84.4 Å². The van der Waals surface area contributed by atoms with E-state index in [-0.39, 0.29) is 26.1 Å². The maximum absolute atomic E-state index is 11.7.